The van der Waals surface area contributed by atoms with Gasteiger partial charge in [-0.3, -0.25) is 14.4 Å². The summed E-state index contributed by atoms with van der Waals surface area (Å²) in [4.78, 5) is 40.4. The van der Waals surface area contributed by atoms with Crippen LogP contribution in [0.2, 0.25) is 0 Å². The van der Waals surface area contributed by atoms with E-state index in [4.69, 9.17) is 0 Å². The Labute approximate surface area is 179 Å². The second-order valence-electron chi connectivity index (χ2n) is 7.19. The molecule has 10 heteroatoms. The normalized spacial score (nSPS) is 12.7. The van der Waals surface area contributed by atoms with Crippen molar-refractivity contribution in [3.8, 4) is 0 Å². The second-order valence-corrected chi connectivity index (χ2v) is 7.19. The number of benzene rings is 1. The summed E-state index contributed by atoms with van der Waals surface area (Å²) in [5.41, 5.74) is 0.170. The first kappa shape index (κ1) is 24.0. The molecule has 0 saturated carbocycles. The first-order valence-corrected chi connectivity index (χ1v) is 9.87. The molecule has 2 amide bonds. The van der Waals surface area contributed by atoms with Gasteiger partial charge in [0.15, 0.2) is 5.82 Å². The summed E-state index contributed by atoms with van der Waals surface area (Å²) in [5.74, 6) is -2.65. The summed E-state index contributed by atoms with van der Waals surface area (Å²) in [7, 11) is 1.31. The molecule has 1 heterocycles. The van der Waals surface area contributed by atoms with E-state index in [9.17, 15) is 23.2 Å². The molecule has 1 aromatic carbocycles. The van der Waals surface area contributed by atoms with Gasteiger partial charge in [-0.2, -0.15) is 0 Å². The summed E-state index contributed by atoms with van der Waals surface area (Å²) >= 11 is 0. The van der Waals surface area contributed by atoms with E-state index >= 15 is 0 Å². The quantitative estimate of drug-likeness (QED) is 0.558. The van der Waals surface area contributed by atoms with E-state index in [0.29, 0.717) is 12.8 Å². The summed E-state index contributed by atoms with van der Waals surface area (Å²) in [6.45, 7) is 3.66. The Morgan fingerprint density at radius 2 is 1.87 bits per heavy atom. The monoisotopic (exact) mass is 436 g/mol. The molecule has 2 aromatic rings. The van der Waals surface area contributed by atoms with Crippen LogP contribution in [0.15, 0.2) is 30.7 Å². The van der Waals surface area contributed by atoms with Crippen molar-refractivity contribution in [1.82, 2.24) is 14.9 Å². The number of hydrogen-bond donors (Lipinski definition) is 2. The van der Waals surface area contributed by atoms with E-state index in [0.717, 1.165) is 18.2 Å². The van der Waals surface area contributed by atoms with Crippen molar-refractivity contribution in [2.24, 2.45) is 0 Å². The van der Waals surface area contributed by atoms with Gasteiger partial charge in [-0.25, -0.2) is 13.8 Å². The number of amides is 2. The minimum Gasteiger partial charge on any atom is -0.469 e. The maximum atomic E-state index is 13.3. The number of hydrogen-bond acceptors (Lipinski definition) is 5. The zero-order valence-corrected chi connectivity index (χ0v) is 17.7. The first-order chi connectivity index (χ1) is 14.7. The summed E-state index contributed by atoms with van der Waals surface area (Å²) in [6.07, 6.45) is 3.93. The highest BCUT2D eigenvalue weighted by Gasteiger charge is 2.21. The molecule has 0 aliphatic rings. The number of anilines is 1. The van der Waals surface area contributed by atoms with Crippen molar-refractivity contribution in [1.29, 1.82) is 0 Å². The molecule has 2 N–H and O–H groups in total. The number of carbonyl (C=O) groups is 3. The lowest BCUT2D eigenvalue weighted by Crippen LogP contribution is -2.44. The molecule has 31 heavy (non-hydrogen) atoms. The lowest BCUT2D eigenvalue weighted by molar-refractivity contribution is -0.141. The van der Waals surface area contributed by atoms with Crippen LogP contribution in [0.5, 0.6) is 0 Å². The molecular formula is C21H26F2N4O4. The minimum atomic E-state index is -0.839. The number of ether oxygens (including phenoxy) is 1. The Morgan fingerprint density at radius 3 is 2.48 bits per heavy atom. The lowest BCUT2D eigenvalue weighted by atomic mass is 10.1. The SMILES string of the molecule is CCCC(NC(=O)Cc1cc(F)cc(F)c1)C(=O)Nc1cn(C(C)CC(=O)OC)cn1. The lowest BCUT2D eigenvalue weighted by Gasteiger charge is -2.17. The van der Waals surface area contributed by atoms with Crippen molar-refractivity contribution in [3.05, 3.63) is 47.9 Å². The molecule has 0 bridgehead atoms. The van der Waals surface area contributed by atoms with Crippen LogP contribution in [0.25, 0.3) is 0 Å². The van der Waals surface area contributed by atoms with E-state index in [-0.39, 0.29) is 36.2 Å². The predicted molar refractivity (Wildman–Crippen MR) is 109 cm³/mol. The van der Waals surface area contributed by atoms with Crippen LogP contribution in [0.3, 0.4) is 0 Å². The summed E-state index contributed by atoms with van der Waals surface area (Å²) in [5, 5.41) is 5.23. The summed E-state index contributed by atoms with van der Waals surface area (Å²) in [6, 6.07) is 1.80. The van der Waals surface area contributed by atoms with Gasteiger partial charge in [0.2, 0.25) is 11.8 Å². The fourth-order valence-electron chi connectivity index (χ4n) is 2.99. The van der Waals surface area contributed by atoms with Crippen LogP contribution in [0.4, 0.5) is 14.6 Å². The van der Waals surface area contributed by atoms with Crippen molar-refractivity contribution in [2.75, 3.05) is 12.4 Å². The van der Waals surface area contributed by atoms with Crippen molar-refractivity contribution < 1.29 is 27.9 Å². The van der Waals surface area contributed by atoms with Gasteiger partial charge in [0.25, 0.3) is 0 Å². The Balaban J connectivity index is 1.98. The minimum absolute atomic E-state index is 0.148. The van der Waals surface area contributed by atoms with Crippen molar-refractivity contribution in [2.45, 2.75) is 51.6 Å². The average molecular weight is 436 g/mol. The maximum absolute atomic E-state index is 13.3. The highest BCUT2D eigenvalue weighted by Crippen LogP contribution is 2.15. The van der Waals surface area contributed by atoms with Gasteiger partial charge < -0.3 is 19.9 Å². The number of nitrogens with one attached hydrogen (secondary N) is 2. The Kier molecular flexibility index (Phi) is 8.65. The fraction of sp³-hybridized carbons (Fsp3) is 0.429. The zero-order chi connectivity index (χ0) is 23.0. The largest absolute Gasteiger partial charge is 0.469 e. The van der Waals surface area contributed by atoms with Gasteiger partial charge in [-0.05, 0) is 31.0 Å². The number of imidazole rings is 1. The molecule has 2 atom stereocenters. The highest BCUT2D eigenvalue weighted by molar-refractivity contribution is 5.96. The fourth-order valence-corrected chi connectivity index (χ4v) is 2.99. The van der Waals surface area contributed by atoms with E-state index < -0.39 is 29.5 Å². The maximum Gasteiger partial charge on any atom is 0.307 e. The molecule has 0 fully saturated rings. The first-order valence-electron chi connectivity index (χ1n) is 9.87. The molecule has 8 nitrogen and oxygen atoms in total. The molecule has 2 unspecified atom stereocenters. The Bertz CT molecular complexity index is 912. The van der Waals surface area contributed by atoms with Crippen molar-refractivity contribution >= 4 is 23.6 Å². The molecule has 1 aromatic heterocycles. The molecule has 168 valence electrons. The molecular weight excluding hydrogens is 410 g/mol. The molecule has 0 spiro atoms. The number of nitrogens with zero attached hydrogens (tertiary/aromatic N) is 2. The Morgan fingerprint density at radius 1 is 1.19 bits per heavy atom. The van der Waals surface area contributed by atoms with E-state index in [1.807, 2.05) is 6.92 Å². The third-order valence-corrected chi connectivity index (χ3v) is 4.57. The van der Waals surface area contributed by atoms with Crippen LogP contribution >= 0.6 is 0 Å². The average Bonchev–Trinajstić information content (AvgIpc) is 3.15. The number of halogens is 2. The number of rotatable bonds is 10. The number of aromatic nitrogens is 2. The van der Waals surface area contributed by atoms with Crippen LogP contribution in [0, 0.1) is 11.6 Å². The van der Waals surface area contributed by atoms with E-state index in [2.05, 4.69) is 20.4 Å². The Hall–Kier alpha value is -3.30. The predicted octanol–water partition coefficient (Wildman–Crippen LogP) is 2.75. The van der Waals surface area contributed by atoms with Gasteiger partial charge >= 0.3 is 5.97 Å². The number of esters is 1. The molecule has 0 aliphatic carbocycles. The van der Waals surface area contributed by atoms with Gasteiger partial charge in [-0.15, -0.1) is 0 Å². The number of methoxy groups -OCH3 is 1. The van der Waals surface area contributed by atoms with Crippen LogP contribution in [-0.4, -0.2) is 40.5 Å². The standard InChI is InChI=1S/C21H26F2N4O4/c1-4-5-17(25-19(28)9-14-7-15(22)10-16(23)8-14)21(30)26-18-11-27(12-24-18)13(2)6-20(29)31-3/h7-8,10-13,17H,4-6,9H2,1-3H3,(H,25,28)(H,26,30). The second kappa shape index (κ2) is 11.2. The zero-order valence-electron chi connectivity index (χ0n) is 17.7. The van der Waals surface area contributed by atoms with E-state index in [1.165, 1.54) is 13.4 Å². The highest BCUT2D eigenvalue weighted by atomic mass is 19.1. The molecule has 0 saturated heterocycles. The van der Waals surface area contributed by atoms with Crippen LogP contribution < -0.4 is 10.6 Å². The summed E-state index contributed by atoms with van der Waals surface area (Å²) < 4.78 is 32.9. The molecule has 0 radical (unpaired) electrons. The van der Waals surface area contributed by atoms with Gasteiger partial charge in [0.05, 0.1) is 26.3 Å². The number of carbonyl (C=O) groups excluding carboxylic acids is 3. The third-order valence-electron chi connectivity index (χ3n) is 4.57. The van der Waals surface area contributed by atoms with Crippen LogP contribution in [0.1, 0.15) is 44.7 Å². The molecule has 0 aliphatic heterocycles. The third kappa shape index (κ3) is 7.47. The topological polar surface area (TPSA) is 102 Å². The van der Waals surface area contributed by atoms with Gasteiger partial charge in [-0.1, -0.05) is 13.3 Å². The van der Waals surface area contributed by atoms with Crippen molar-refractivity contribution in [3.63, 3.8) is 0 Å². The van der Waals surface area contributed by atoms with Gasteiger partial charge in [0, 0.05) is 18.3 Å². The molecule has 2 rings (SSSR count). The van der Waals surface area contributed by atoms with E-state index in [1.54, 1.807) is 17.7 Å². The van der Waals surface area contributed by atoms with Gasteiger partial charge in [0.1, 0.15) is 17.7 Å². The van der Waals surface area contributed by atoms with Crippen LogP contribution in [-0.2, 0) is 25.5 Å². The smallest absolute Gasteiger partial charge is 0.307 e.